The molecule has 9 nitrogen and oxygen atoms in total. The van der Waals surface area contributed by atoms with Crippen LogP contribution in [0.15, 0.2) is 37.1 Å². The van der Waals surface area contributed by atoms with E-state index in [1.54, 1.807) is 12.5 Å². The maximum absolute atomic E-state index is 6.15. The van der Waals surface area contributed by atoms with Crippen LogP contribution in [0.3, 0.4) is 0 Å². The molecule has 0 unspecified atom stereocenters. The molecule has 1 saturated heterocycles. The molecule has 0 bridgehead atoms. The number of nitrogens with one attached hydrogen (secondary N) is 1. The minimum absolute atomic E-state index is 0.0551. The number of anilines is 3. The van der Waals surface area contributed by atoms with Crippen molar-refractivity contribution in [3.63, 3.8) is 0 Å². The quantitative estimate of drug-likeness (QED) is 0.427. The Morgan fingerprint density at radius 3 is 2.53 bits per heavy atom. The summed E-state index contributed by atoms with van der Waals surface area (Å²) in [4.78, 5) is 24.9. The number of aryl methyl sites for hydroxylation is 3. The lowest BCUT2D eigenvalue weighted by Gasteiger charge is -2.32. The average molecular weight is 487 g/mol. The largest absolute Gasteiger partial charge is 0.474 e. The van der Waals surface area contributed by atoms with Crippen LogP contribution >= 0.6 is 0 Å². The number of hydrogen-bond donors (Lipinski definition) is 1. The highest BCUT2D eigenvalue weighted by Crippen LogP contribution is 2.32. The van der Waals surface area contributed by atoms with Gasteiger partial charge in [0.05, 0.1) is 6.33 Å². The van der Waals surface area contributed by atoms with Gasteiger partial charge in [0, 0.05) is 50.4 Å². The van der Waals surface area contributed by atoms with E-state index in [-0.39, 0.29) is 11.5 Å². The summed E-state index contributed by atoms with van der Waals surface area (Å²) in [5.41, 5.74) is 6.05. The molecule has 0 amide bonds. The van der Waals surface area contributed by atoms with Gasteiger partial charge in [0.15, 0.2) is 11.5 Å². The van der Waals surface area contributed by atoms with E-state index in [9.17, 15) is 0 Å². The van der Waals surface area contributed by atoms with E-state index in [1.165, 1.54) is 11.9 Å². The third-order valence-electron chi connectivity index (χ3n) is 6.77. The third kappa shape index (κ3) is 4.82. The maximum Gasteiger partial charge on any atom is 0.229 e. The maximum atomic E-state index is 6.15. The normalized spacial score (nSPS) is 14.9. The SMILES string of the molecule is Cc1ccc(C(C)(C)C)cc1Nc1nc(N2CCC(Oc3ncncc3C)CC2)nc2ncn(C)c12. The Labute approximate surface area is 212 Å². The number of piperidine rings is 1. The van der Waals surface area contributed by atoms with Crippen molar-refractivity contribution >= 4 is 28.6 Å². The molecular weight excluding hydrogens is 452 g/mol. The minimum Gasteiger partial charge on any atom is -0.474 e. The Morgan fingerprint density at radius 2 is 1.81 bits per heavy atom. The average Bonchev–Trinajstić information content (AvgIpc) is 3.22. The van der Waals surface area contributed by atoms with Gasteiger partial charge < -0.3 is 19.5 Å². The molecular formula is C27H34N8O. The van der Waals surface area contributed by atoms with Crippen LogP contribution in [0, 0.1) is 13.8 Å². The predicted octanol–water partition coefficient (Wildman–Crippen LogP) is 4.86. The van der Waals surface area contributed by atoms with Crippen LogP contribution < -0.4 is 15.0 Å². The lowest BCUT2D eigenvalue weighted by atomic mass is 9.86. The molecule has 1 aliphatic rings. The number of benzene rings is 1. The second kappa shape index (κ2) is 9.37. The topological polar surface area (TPSA) is 93.9 Å². The third-order valence-corrected chi connectivity index (χ3v) is 6.77. The molecule has 9 heteroatoms. The second-order valence-corrected chi connectivity index (χ2v) is 10.6. The zero-order chi connectivity index (χ0) is 25.4. The molecule has 188 valence electrons. The van der Waals surface area contributed by atoms with Crippen LogP contribution in [0.5, 0.6) is 5.88 Å². The Balaban J connectivity index is 1.40. The molecule has 1 aliphatic heterocycles. The zero-order valence-electron chi connectivity index (χ0n) is 21.9. The van der Waals surface area contributed by atoms with Crippen molar-refractivity contribution in [1.29, 1.82) is 0 Å². The number of rotatable bonds is 5. The fraction of sp³-hybridized carbons (Fsp3) is 0.444. The van der Waals surface area contributed by atoms with Crippen LogP contribution in [0.1, 0.15) is 50.3 Å². The van der Waals surface area contributed by atoms with Gasteiger partial charge in [-0.3, -0.25) is 0 Å². The van der Waals surface area contributed by atoms with Gasteiger partial charge in [0.1, 0.15) is 17.9 Å². The smallest absolute Gasteiger partial charge is 0.229 e. The Kier molecular flexibility index (Phi) is 6.24. The molecule has 4 aromatic rings. The fourth-order valence-electron chi connectivity index (χ4n) is 4.47. The first-order valence-electron chi connectivity index (χ1n) is 12.4. The molecule has 0 radical (unpaired) electrons. The molecule has 4 heterocycles. The highest BCUT2D eigenvalue weighted by atomic mass is 16.5. The van der Waals surface area contributed by atoms with Gasteiger partial charge in [-0.2, -0.15) is 9.97 Å². The fourth-order valence-corrected chi connectivity index (χ4v) is 4.47. The summed E-state index contributed by atoms with van der Waals surface area (Å²) < 4.78 is 8.12. The van der Waals surface area contributed by atoms with Gasteiger partial charge in [-0.15, -0.1) is 0 Å². The van der Waals surface area contributed by atoms with Gasteiger partial charge >= 0.3 is 0 Å². The second-order valence-electron chi connectivity index (χ2n) is 10.6. The number of ether oxygens (including phenoxy) is 1. The lowest BCUT2D eigenvalue weighted by molar-refractivity contribution is 0.162. The Morgan fingerprint density at radius 1 is 1.03 bits per heavy atom. The minimum atomic E-state index is 0.0551. The standard InChI is InChI=1S/C27H34N8O/c1-17-7-8-19(27(3,4)5)13-21(17)31-24-22-23(30-16-34(22)6)32-26(33-24)35-11-9-20(10-12-35)36-25-18(2)14-28-15-29-25/h7-8,13-16,20H,9-12H2,1-6H3,(H,31,32,33). The first-order valence-corrected chi connectivity index (χ1v) is 12.4. The van der Waals surface area contributed by atoms with E-state index < -0.39 is 0 Å². The van der Waals surface area contributed by atoms with Crippen LogP contribution in [-0.4, -0.2) is 48.7 Å². The molecule has 0 saturated carbocycles. The number of aromatic nitrogens is 6. The van der Waals surface area contributed by atoms with Crippen LogP contribution in [0.25, 0.3) is 11.2 Å². The van der Waals surface area contributed by atoms with E-state index in [0.29, 0.717) is 17.5 Å². The van der Waals surface area contributed by atoms with Crippen molar-refractivity contribution in [1.82, 2.24) is 29.5 Å². The zero-order valence-corrected chi connectivity index (χ0v) is 21.9. The summed E-state index contributed by atoms with van der Waals surface area (Å²) >= 11 is 0. The molecule has 1 aromatic carbocycles. The van der Waals surface area contributed by atoms with Gasteiger partial charge in [-0.1, -0.05) is 32.9 Å². The highest BCUT2D eigenvalue weighted by molar-refractivity contribution is 5.87. The van der Waals surface area contributed by atoms with Crippen molar-refractivity contribution in [2.24, 2.45) is 7.05 Å². The molecule has 36 heavy (non-hydrogen) atoms. The summed E-state index contributed by atoms with van der Waals surface area (Å²) in [6, 6.07) is 6.58. The van der Waals surface area contributed by atoms with Crippen molar-refractivity contribution in [3.8, 4) is 5.88 Å². The van der Waals surface area contributed by atoms with Crippen molar-refractivity contribution in [3.05, 3.63) is 53.7 Å². The summed E-state index contributed by atoms with van der Waals surface area (Å²) in [6.45, 7) is 12.3. The summed E-state index contributed by atoms with van der Waals surface area (Å²) in [5, 5.41) is 3.60. The van der Waals surface area contributed by atoms with E-state index in [1.807, 2.05) is 18.5 Å². The van der Waals surface area contributed by atoms with Gasteiger partial charge in [0.2, 0.25) is 11.8 Å². The first-order chi connectivity index (χ1) is 17.2. The number of hydrogen-bond acceptors (Lipinski definition) is 8. The Hall–Kier alpha value is -3.75. The number of nitrogens with zero attached hydrogens (tertiary/aromatic N) is 7. The molecule has 3 aromatic heterocycles. The first kappa shape index (κ1) is 24.0. The lowest BCUT2D eigenvalue weighted by Crippen LogP contribution is -2.39. The van der Waals surface area contributed by atoms with Crippen molar-refractivity contribution < 1.29 is 4.74 Å². The molecule has 0 aliphatic carbocycles. The number of imidazole rings is 1. The number of fused-ring (bicyclic) bond motifs is 1. The van der Waals surface area contributed by atoms with E-state index >= 15 is 0 Å². The van der Waals surface area contributed by atoms with E-state index in [4.69, 9.17) is 14.7 Å². The highest BCUT2D eigenvalue weighted by Gasteiger charge is 2.25. The molecule has 5 rings (SSSR count). The van der Waals surface area contributed by atoms with Gasteiger partial charge in [-0.25, -0.2) is 15.0 Å². The van der Waals surface area contributed by atoms with Crippen LogP contribution in [-0.2, 0) is 12.5 Å². The molecule has 0 spiro atoms. The molecule has 1 fully saturated rings. The van der Waals surface area contributed by atoms with Crippen LogP contribution in [0.2, 0.25) is 0 Å². The van der Waals surface area contributed by atoms with Crippen molar-refractivity contribution in [2.45, 2.75) is 59.0 Å². The van der Waals surface area contributed by atoms with Gasteiger partial charge in [-0.05, 0) is 36.5 Å². The van der Waals surface area contributed by atoms with E-state index in [2.05, 4.69) is 71.1 Å². The molecule has 0 atom stereocenters. The van der Waals surface area contributed by atoms with E-state index in [0.717, 1.165) is 54.1 Å². The van der Waals surface area contributed by atoms with Crippen LogP contribution in [0.4, 0.5) is 17.5 Å². The van der Waals surface area contributed by atoms with Crippen molar-refractivity contribution in [2.75, 3.05) is 23.3 Å². The van der Waals surface area contributed by atoms with Gasteiger partial charge in [0.25, 0.3) is 0 Å². The Bertz CT molecular complexity index is 1380. The summed E-state index contributed by atoms with van der Waals surface area (Å²) in [5.74, 6) is 2.11. The summed E-state index contributed by atoms with van der Waals surface area (Å²) in [7, 11) is 1.97. The molecule has 1 N–H and O–H groups in total. The monoisotopic (exact) mass is 486 g/mol. The predicted molar refractivity (Wildman–Crippen MR) is 142 cm³/mol. The summed E-state index contributed by atoms with van der Waals surface area (Å²) in [6.07, 6.45) is 6.93.